The van der Waals surface area contributed by atoms with Crippen LogP contribution in [-0.4, -0.2) is 84.8 Å². The second-order valence-electron chi connectivity index (χ2n) is 5.89. The summed E-state index contributed by atoms with van der Waals surface area (Å²) < 4.78 is 0. The molecule has 4 nitrogen and oxygen atoms in total. The predicted molar refractivity (Wildman–Crippen MR) is 68.1 cm³/mol. The lowest BCUT2D eigenvalue weighted by atomic mass is 9.86. The number of aliphatic hydroxyl groups excluding tert-OH is 1. The summed E-state index contributed by atoms with van der Waals surface area (Å²) in [5, 5.41) is 9.36. The average Bonchev–Trinajstić information content (AvgIpc) is 2.43. The Morgan fingerprint density at radius 1 is 0.647 bits per heavy atom. The second-order valence-corrected chi connectivity index (χ2v) is 5.89. The summed E-state index contributed by atoms with van der Waals surface area (Å²) in [6.07, 6.45) is 2.44. The number of rotatable bonds is 0. The number of piperidine rings is 3. The molecule has 17 heavy (non-hydrogen) atoms. The van der Waals surface area contributed by atoms with E-state index in [0.717, 1.165) is 6.54 Å². The summed E-state index contributed by atoms with van der Waals surface area (Å²) in [6.45, 7) is 11.3. The Morgan fingerprint density at radius 3 is 1.29 bits per heavy atom. The zero-order valence-corrected chi connectivity index (χ0v) is 10.7. The van der Waals surface area contributed by atoms with Crippen molar-refractivity contribution in [1.29, 1.82) is 0 Å². The molecule has 4 bridgehead atoms. The van der Waals surface area contributed by atoms with Gasteiger partial charge >= 0.3 is 0 Å². The van der Waals surface area contributed by atoms with E-state index in [4.69, 9.17) is 0 Å². The summed E-state index contributed by atoms with van der Waals surface area (Å²) in [4.78, 5) is 7.44. The largest absolute Gasteiger partial charge is 0.392 e. The van der Waals surface area contributed by atoms with E-state index in [-0.39, 0.29) is 6.10 Å². The number of aliphatic hydroxyl groups is 1. The normalized spacial score (nSPS) is 47.5. The lowest BCUT2D eigenvalue weighted by molar-refractivity contribution is -0.0227. The zero-order chi connectivity index (χ0) is 11.7. The van der Waals surface area contributed by atoms with Crippen molar-refractivity contribution < 1.29 is 5.11 Å². The monoisotopic (exact) mass is 239 g/mol. The Kier molecular flexibility index (Phi) is 3.66. The third kappa shape index (κ3) is 2.81. The van der Waals surface area contributed by atoms with Crippen LogP contribution in [0.2, 0.25) is 0 Å². The molecule has 6 fully saturated rings. The van der Waals surface area contributed by atoms with Crippen LogP contribution in [0.1, 0.15) is 12.8 Å². The van der Waals surface area contributed by atoms with Gasteiger partial charge in [-0.3, -0.25) is 9.80 Å². The highest BCUT2D eigenvalue weighted by Gasteiger charge is 2.32. The van der Waals surface area contributed by atoms with E-state index in [9.17, 15) is 5.11 Å². The van der Waals surface area contributed by atoms with E-state index in [1.165, 1.54) is 65.2 Å². The van der Waals surface area contributed by atoms with Gasteiger partial charge in [0.2, 0.25) is 0 Å². The van der Waals surface area contributed by atoms with Crippen molar-refractivity contribution in [2.75, 3.05) is 58.9 Å². The first-order valence-corrected chi connectivity index (χ1v) is 7.16. The highest BCUT2D eigenvalue weighted by molar-refractivity contribution is 4.85. The van der Waals surface area contributed by atoms with Gasteiger partial charge in [0.15, 0.2) is 0 Å². The van der Waals surface area contributed by atoms with Crippen LogP contribution >= 0.6 is 0 Å². The van der Waals surface area contributed by atoms with E-state index in [0.29, 0.717) is 5.92 Å². The summed E-state index contributed by atoms with van der Waals surface area (Å²) >= 11 is 0. The third-order valence-electron chi connectivity index (χ3n) is 4.82. The molecule has 0 aliphatic carbocycles. The second kappa shape index (κ2) is 5.22. The molecular weight excluding hydrogens is 214 g/mol. The molecule has 0 aromatic rings. The lowest BCUT2D eigenvalue weighted by Gasteiger charge is -2.42. The molecule has 4 heteroatoms. The Morgan fingerprint density at radius 2 is 1.12 bits per heavy atom. The number of nitrogens with zero attached hydrogens (tertiary/aromatic N) is 3. The van der Waals surface area contributed by atoms with Crippen molar-refractivity contribution in [2.24, 2.45) is 5.92 Å². The molecule has 6 heterocycles. The summed E-state index contributed by atoms with van der Waals surface area (Å²) in [5.74, 6) is 0.634. The highest BCUT2D eigenvalue weighted by atomic mass is 16.3. The van der Waals surface area contributed by atoms with Crippen molar-refractivity contribution in [3.05, 3.63) is 0 Å². The molecule has 6 aliphatic rings. The SMILES string of the molecule is C1CN2CCN1CC2.OC1CN2CCC1CC2. The van der Waals surface area contributed by atoms with E-state index >= 15 is 0 Å². The molecule has 6 saturated heterocycles. The zero-order valence-electron chi connectivity index (χ0n) is 10.7. The first kappa shape index (κ1) is 11.9. The topological polar surface area (TPSA) is 30.0 Å². The van der Waals surface area contributed by atoms with E-state index < -0.39 is 0 Å². The molecule has 0 aromatic heterocycles. The smallest absolute Gasteiger partial charge is 0.0696 e. The predicted octanol–water partition coefficient (Wildman–Crippen LogP) is -0.309. The first-order chi connectivity index (χ1) is 8.31. The molecular formula is C13H25N3O. The molecule has 1 atom stereocenters. The van der Waals surface area contributed by atoms with Crippen LogP contribution in [0.5, 0.6) is 0 Å². The molecule has 0 amide bonds. The molecule has 98 valence electrons. The van der Waals surface area contributed by atoms with Crippen LogP contribution in [0.4, 0.5) is 0 Å². The average molecular weight is 239 g/mol. The van der Waals surface area contributed by atoms with Crippen molar-refractivity contribution in [3.8, 4) is 0 Å². The van der Waals surface area contributed by atoms with Gasteiger partial charge in [0.25, 0.3) is 0 Å². The van der Waals surface area contributed by atoms with Crippen LogP contribution in [0, 0.1) is 5.92 Å². The lowest BCUT2D eigenvalue weighted by Crippen LogP contribution is -2.55. The fraction of sp³-hybridized carbons (Fsp3) is 1.00. The van der Waals surface area contributed by atoms with Gasteiger partial charge in [-0.2, -0.15) is 0 Å². The van der Waals surface area contributed by atoms with Gasteiger partial charge in [-0.05, 0) is 31.8 Å². The van der Waals surface area contributed by atoms with Gasteiger partial charge < -0.3 is 10.0 Å². The van der Waals surface area contributed by atoms with Crippen LogP contribution in [0.15, 0.2) is 0 Å². The van der Waals surface area contributed by atoms with Crippen LogP contribution in [-0.2, 0) is 0 Å². The van der Waals surface area contributed by atoms with E-state index in [1.54, 1.807) is 0 Å². The van der Waals surface area contributed by atoms with Gasteiger partial charge in [0.1, 0.15) is 0 Å². The number of hydrogen-bond donors (Lipinski definition) is 1. The van der Waals surface area contributed by atoms with Crippen molar-refractivity contribution >= 4 is 0 Å². The highest BCUT2D eigenvalue weighted by Crippen LogP contribution is 2.26. The van der Waals surface area contributed by atoms with Gasteiger partial charge in [-0.25, -0.2) is 0 Å². The van der Waals surface area contributed by atoms with Crippen molar-refractivity contribution in [1.82, 2.24) is 14.7 Å². The minimum absolute atomic E-state index is 0.00694. The molecule has 0 saturated carbocycles. The van der Waals surface area contributed by atoms with Crippen molar-refractivity contribution in [3.63, 3.8) is 0 Å². The maximum absolute atomic E-state index is 9.36. The van der Waals surface area contributed by atoms with Crippen molar-refractivity contribution in [2.45, 2.75) is 18.9 Å². The summed E-state index contributed by atoms with van der Waals surface area (Å²) in [7, 11) is 0. The minimum atomic E-state index is -0.00694. The van der Waals surface area contributed by atoms with Gasteiger partial charge in [0.05, 0.1) is 6.10 Å². The van der Waals surface area contributed by atoms with E-state index in [2.05, 4.69) is 14.7 Å². The van der Waals surface area contributed by atoms with E-state index in [1.807, 2.05) is 0 Å². The molecule has 6 aliphatic heterocycles. The summed E-state index contributed by atoms with van der Waals surface area (Å²) in [5.41, 5.74) is 0. The third-order valence-corrected chi connectivity index (χ3v) is 4.82. The molecule has 0 spiro atoms. The Labute approximate surface area is 104 Å². The summed E-state index contributed by atoms with van der Waals surface area (Å²) in [6, 6.07) is 0. The van der Waals surface area contributed by atoms with Crippen LogP contribution in [0.25, 0.3) is 0 Å². The molecule has 1 N–H and O–H groups in total. The quantitative estimate of drug-likeness (QED) is 0.628. The van der Waals surface area contributed by atoms with Gasteiger partial charge in [0, 0.05) is 45.8 Å². The maximum atomic E-state index is 9.36. The molecule has 6 rings (SSSR count). The number of piperazine rings is 3. The standard InChI is InChI=1S/C7H13NO.C6H12N2/c9-7-5-8-3-1-6(7)2-4-8;1-2-8-5-3-7(1)4-6-8/h6-7,9H,1-5H2;1-6H2. The maximum Gasteiger partial charge on any atom is 0.0696 e. The Balaban J connectivity index is 0.000000107. The van der Waals surface area contributed by atoms with Gasteiger partial charge in [-0.15, -0.1) is 0 Å². The Bertz CT molecular complexity index is 222. The van der Waals surface area contributed by atoms with Crippen LogP contribution < -0.4 is 0 Å². The fourth-order valence-electron chi connectivity index (χ4n) is 3.45. The number of fused-ring (bicyclic) bond motifs is 6. The van der Waals surface area contributed by atoms with Gasteiger partial charge in [-0.1, -0.05) is 0 Å². The minimum Gasteiger partial charge on any atom is -0.392 e. The molecule has 1 unspecified atom stereocenters. The molecule has 0 radical (unpaired) electrons. The van der Waals surface area contributed by atoms with Crippen LogP contribution in [0.3, 0.4) is 0 Å². The first-order valence-electron chi connectivity index (χ1n) is 7.16. The number of hydrogen-bond acceptors (Lipinski definition) is 4. The molecule has 0 aromatic carbocycles. The Hall–Kier alpha value is -0.160. The fourth-order valence-corrected chi connectivity index (χ4v) is 3.45.